The molecule has 1 heterocycles. The quantitative estimate of drug-likeness (QED) is 0.857. The molecule has 0 spiro atoms. The summed E-state index contributed by atoms with van der Waals surface area (Å²) in [6, 6.07) is 6.70. The Hall–Kier alpha value is -1.24. The van der Waals surface area contributed by atoms with Crippen LogP contribution in [0.3, 0.4) is 0 Å². The summed E-state index contributed by atoms with van der Waals surface area (Å²) < 4.78 is 1.59. The monoisotopic (exact) mass is 324 g/mol. The maximum absolute atomic E-state index is 11.5. The molecule has 1 fully saturated rings. The normalized spacial score (nSPS) is 14.6. The number of aromatic nitrogens is 3. The van der Waals surface area contributed by atoms with Gasteiger partial charge >= 0.3 is 5.69 Å². The van der Waals surface area contributed by atoms with E-state index in [2.05, 4.69) is 21.6 Å². The Balaban J connectivity index is 1.74. The molecule has 3 rings (SSSR count). The maximum atomic E-state index is 11.5. The van der Waals surface area contributed by atoms with Gasteiger partial charge in [0.15, 0.2) is 5.16 Å². The SMILES string of the molecule is CCn1c(Sc2ccc(CNC3CC3)cc2Cl)n[nH]c1=O. The number of nitrogens with one attached hydrogen (secondary N) is 2. The summed E-state index contributed by atoms with van der Waals surface area (Å²) in [4.78, 5) is 12.4. The van der Waals surface area contributed by atoms with Gasteiger partial charge in [0.2, 0.25) is 0 Å². The van der Waals surface area contributed by atoms with Gasteiger partial charge in [-0.25, -0.2) is 9.89 Å². The van der Waals surface area contributed by atoms with E-state index in [4.69, 9.17) is 11.6 Å². The van der Waals surface area contributed by atoms with Crippen LogP contribution in [0.1, 0.15) is 25.3 Å². The molecule has 1 aromatic carbocycles. The predicted molar refractivity (Wildman–Crippen MR) is 84.0 cm³/mol. The fraction of sp³-hybridized carbons (Fsp3) is 0.429. The Morgan fingerprint density at radius 2 is 2.33 bits per heavy atom. The minimum absolute atomic E-state index is 0.193. The van der Waals surface area contributed by atoms with E-state index in [1.54, 1.807) is 4.57 Å². The number of hydrogen-bond acceptors (Lipinski definition) is 4. The van der Waals surface area contributed by atoms with Gasteiger partial charge in [-0.2, -0.15) is 0 Å². The van der Waals surface area contributed by atoms with Crippen molar-refractivity contribution >= 4 is 23.4 Å². The molecule has 2 aromatic rings. The molecule has 0 amide bonds. The average Bonchev–Trinajstić information content (AvgIpc) is 3.23. The van der Waals surface area contributed by atoms with E-state index in [0.29, 0.717) is 22.8 Å². The van der Waals surface area contributed by atoms with Crippen LogP contribution in [0, 0.1) is 0 Å². The summed E-state index contributed by atoms with van der Waals surface area (Å²) in [5.41, 5.74) is 0.979. The van der Waals surface area contributed by atoms with Gasteiger partial charge in [0.1, 0.15) is 0 Å². The van der Waals surface area contributed by atoms with Crippen molar-refractivity contribution in [3.8, 4) is 0 Å². The maximum Gasteiger partial charge on any atom is 0.343 e. The van der Waals surface area contributed by atoms with E-state index in [1.807, 2.05) is 19.1 Å². The van der Waals surface area contributed by atoms with Crippen molar-refractivity contribution in [2.24, 2.45) is 0 Å². The first-order chi connectivity index (χ1) is 10.2. The predicted octanol–water partition coefficient (Wildman–Crippen LogP) is 2.65. The number of aromatic amines is 1. The van der Waals surface area contributed by atoms with Crippen LogP contribution < -0.4 is 11.0 Å². The largest absolute Gasteiger partial charge is 0.343 e. The van der Waals surface area contributed by atoms with E-state index in [-0.39, 0.29) is 5.69 Å². The molecular weight excluding hydrogens is 308 g/mol. The molecule has 0 radical (unpaired) electrons. The van der Waals surface area contributed by atoms with Crippen LogP contribution in [0.25, 0.3) is 0 Å². The van der Waals surface area contributed by atoms with Crippen molar-refractivity contribution in [3.05, 3.63) is 39.3 Å². The van der Waals surface area contributed by atoms with Crippen LogP contribution in [-0.2, 0) is 13.1 Å². The molecule has 0 atom stereocenters. The number of H-pyrrole nitrogens is 1. The summed E-state index contributed by atoms with van der Waals surface area (Å²) in [7, 11) is 0. The lowest BCUT2D eigenvalue weighted by molar-refractivity contribution is 0.660. The minimum atomic E-state index is -0.193. The molecule has 1 aliphatic rings. The number of rotatable bonds is 6. The molecule has 0 unspecified atom stereocenters. The number of halogens is 1. The number of hydrogen-bond donors (Lipinski definition) is 2. The Bertz CT molecular complexity index is 693. The molecule has 7 heteroatoms. The second-order valence-corrected chi connectivity index (χ2v) is 6.49. The molecule has 2 N–H and O–H groups in total. The van der Waals surface area contributed by atoms with Gasteiger partial charge in [-0.15, -0.1) is 5.10 Å². The fourth-order valence-electron chi connectivity index (χ4n) is 2.05. The Morgan fingerprint density at radius 3 is 3.00 bits per heavy atom. The highest BCUT2D eigenvalue weighted by Crippen LogP contribution is 2.32. The second-order valence-electron chi connectivity index (χ2n) is 5.08. The molecule has 1 saturated carbocycles. The first kappa shape index (κ1) is 14.7. The third kappa shape index (κ3) is 3.51. The van der Waals surface area contributed by atoms with Crippen molar-refractivity contribution < 1.29 is 0 Å². The van der Waals surface area contributed by atoms with Crippen molar-refractivity contribution in [3.63, 3.8) is 0 Å². The molecule has 5 nitrogen and oxygen atoms in total. The lowest BCUT2D eigenvalue weighted by Crippen LogP contribution is -2.16. The topological polar surface area (TPSA) is 62.7 Å². The highest BCUT2D eigenvalue weighted by molar-refractivity contribution is 7.99. The van der Waals surface area contributed by atoms with E-state index in [0.717, 1.165) is 11.4 Å². The van der Waals surface area contributed by atoms with Crippen molar-refractivity contribution in [2.45, 2.75) is 48.9 Å². The summed E-state index contributed by atoms with van der Waals surface area (Å²) in [5, 5.41) is 11.3. The van der Waals surface area contributed by atoms with E-state index < -0.39 is 0 Å². The van der Waals surface area contributed by atoms with Crippen LogP contribution in [0.4, 0.5) is 0 Å². The molecule has 1 aliphatic carbocycles. The van der Waals surface area contributed by atoms with E-state index in [9.17, 15) is 4.79 Å². The third-order valence-electron chi connectivity index (χ3n) is 3.41. The van der Waals surface area contributed by atoms with Crippen molar-refractivity contribution in [1.29, 1.82) is 0 Å². The second kappa shape index (κ2) is 6.25. The van der Waals surface area contributed by atoms with Crippen LogP contribution in [0.5, 0.6) is 0 Å². The molecule has 0 aliphatic heterocycles. The van der Waals surface area contributed by atoms with Crippen LogP contribution in [-0.4, -0.2) is 20.8 Å². The van der Waals surface area contributed by atoms with Crippen LogP contribution in [0.15, 0.2) is 33.0 Å². The van der Waals surface area contributed by atoms with Gasteiger partial charge in [-0.05, 0) is 49.2 Å². The van der Waals surface area contributed by atoms with E-state index in [1.165, 1.54) is 30.2 Å². The van der Waals surface area contributed by atoms with Crippen LogP contribution >= 0.6 is 23.4 Å². The first-order valence-corrected chi connectivity index (χ1v) is 8.21. The molecular formula is C14H17ClN4OS. The van der Waals surface area contributed by atoms with Gasteiger partial charge < -0.3 is 5.32 Å². The first-order valence-electron chi connectivity index (χ1n) is 7.02. The molecule has 21 heavy (non-hydrogen) atoms. The standard InChI is InChI=1S/C14H17ClN4OS/c1-2-19-13(20)17-18-14(19)21-12-6-3-9(7-11(12)15)8-16-10-4-5-10/h3,6-7,10,16H,2,4-5,8H2,1H3,(H,17,20). The van der Waals surface area contributed by atoms with Gasteiger partial charge in [0.05, 0.1) is 5.02 Å². The lowest BCUT2D eigenvalue weighted by Gasteiger charge is -2.08. The summed E-state index contributed by atoms with van der Waals surface area (Å²) >= 11 is 7.74. The fourth-order valence-corrected chi connectivity index (χ4v) is 3.27. The van der Waals surface area contributed by atoms with Gasteiger partial charge in [-0.1, -0.05) is 17.7 Å². The van der Waals surface area contributed by atoms with Gasteiger partial charge in [0, 0.05) is 24.0 Å². The molecule has 112 valence electrons. The average molecular weight is 325 g/mol. The summed E-state index contributed by atoms with van der Waals surface area (Å²) in [6.45, 7) is 3.34. The van der Waals surface area contributed by atoms with Gasteiger partial charge in [-0.3, -0.25) is 4.57 Å². The van der Waals surface area contributed by atoms with Crippen LogP contribution in [0.2, 0.25) is 5.02 Å². The molecule has 0 saturated heterocycles. The third-order valence-corrected chi connectivity index (χ3v) is 4.90. The zero-order valence-corrected chi connectivity index (χ0v) is 13.3. The number of benzene rings is 1. The highest BCUT2D eigenvalue weighted by Gasteiger charge is 2.20. The van der Waals surface area contributed by atoms with E-state index >= 15 is 0 Å². The Morgan fingerprint density at radius 1 is 1.52 bits per heavy atom. The smallest absolute Gasteiger partial charge is 0.310 e. The molecule has 1 aromatic heterocycles. The van der Waals surface area contributed by atoms with Gasteiger partial charge in [0.25, 0.3) is 0 Å². The Kier molecular flexibility index (Phi) is 4.37. The van der Waals surface area contributed by atoms with Crippen molar-refractivity contribution in [1.82, 2.24) is 20.1 Å². The summed E-state index contributed by atoms with van der Waals surface area (Å²) in [5.74, 6) is 0. The summed E-state index contributed by atoms with van der Waals surface area (Å²) in [6.07, 6.45) is 2.55. The zero-order chi connectivity index (χ0) is 14.8. The molecule has 0 bridgehead atoms. The lowest BCUT2D eigenvalue weighted by atomic mass is 10.2. The highest BCUT2D eigenvalue weighted by atomic mass is 35.5. The zero-order valence-electron chi connectivity index (χ0n) is 11.7. The van der Waals surface area contributed by atoms with Crippen molar-refractivity contribution in [2.75, 3.05) is 0 Å². The number of nitrogens with zero attached hydrogens (tertiary/aromatic N) is 2. The minimum Gasteiger partial charge on any atom is -0.310 e. The Labute approximate surface area is 132 Å².